The van der Waals surface area contributed by atoms with Crippen molar-refractivity contribution < 1.29 is 9.59 Å². The fourth-order valence-electron chi connectivity index (χ4n) is 2.64. The van der Waals surface area contributed by atoms with Crippen LogP contribution in [0.5, 0.6) is 0 Å². The van der Waals surface area contributed by atoms with Crippen LogP contribution in [0.3, 0.4) is 0 Å². The lowest BCUT2D eigenvalue weighted by molar-refractivity contribution is -0.128. The van der Waals surface area contributed by atoms with Crippen molar-refractivity contribution >= 4 is 41.8 Å². The highest BCUT2D eigenvalue weighted by Gasteiger charge is 2.22. The Morgan fingerprint density at radius 2 is 1.59 bits per heavy atom. The Kier molecular flexibility index (Phi) is 11.9. The SMILES string of the molecule is CN=C(NCCNC(=O)C(C)(C)C)N1CCN(CC(=O)NC(C)C)CC1.I. The Bertz CT molecular complexity index is 497. The van der Waals surface area contributed by atoms with Crippen molar-refractivity contribution in [3.8, 4) is 0 Å². The zero-order valence-electron chi connectivity index (χ0n) is 17.6. The minimum Gasteiger partial charge on any atom is -0.354 e. The van der Waals surface area contributed by atoms with Gasteiger partial charge in [0.2, 0.25) is 11.8 Å². The van der Waals surface area contributed by atoms with E-state index in [4.69, 9.17) is 0 Å². The predicted molar refractivity (Wildman–Crippen MR) is 121 cm³/mol. The number of amides is 2. The van der Waals surface area contributed by atoms with Crippen molar-refractivity contribution in [2.75, 3.05) is 52.9 Å². The molecule has 1 heterocycles. The molecule has 9 heteroatoms. The Hall–Kier alpha value is -1.10. The average molecular weight is 496 g/mol. The molecule has 0 saturated carbocycles. The molecule has 0 aromatic heterocycles. The van der Waals surface area contributed by atoms with Crippen LogP contribution >= 0.6 is 24.0 Å². The number of halogens is 1. The van der Waals surface area contributed by atoms with Gasteiger partial charge in [0.25, 0.3) is 0 Å². The Labute approximate surface area is 180 Å². The van der Waals surface area contributed by atoms with Gasteiger partial charge in [0, 0.05) is 57.8 Å². The molecule has 1 aliphatic heterocycles. The predicted octanol–water partition coefficient (Wildman–Crippen LogP) is 0.484. The van der Waals surface area contributed by atoms with Crippen molar-refractivity contribution in [1.82, 2.24) is 25.8 Å². The van der Waals surface area contributed by atoms with Crippen molar-refractivity contribution in [3.63, 3.8) is 0 Å². The van der Waals surface area contributed by atoms with Crippen LogP contribution in [-0.2, 0) is 9.59 Å². The molecule has 0 unspecified atom stereocenters. The summed E-state index contributed by atoms with van der Waals surface area (Å²) in [4.78, 5) is 32.4. The first kappa shape index (κ1) is 25.9. The molecular formula is C18H37IN6O2. The summed E-state index contributed by atoms with van der Waals surface area (Å²) in [7, 11) is 1.76. The van der Waals surface area contributed by atoms with Gasteiger partial charge in [-0.3, -0.25) is 19.5 Å². The van der Waals surface area contributed by atoms with Crippen LogP contribution in [0, 0.1) is 5.41 Å². The smallest absolute Gasteiger partial charge is 0.234 e. The fraction of sp³-hybridized carbons (Fsp3) is 0.833. The van der Waals surface area contributed by atoms with Crippen LogP contribution in [0.15, 0.2) is 4.99 Å². The van der Waals surface area contributed by atoms with Crippen molar-refractivity contribution in [1.29, 1.82) is 0 Å². The molecule has 0 atom stereocenters. The van der Waals surface area contributed by atoms with E-state index >= 15 is 0 Å². The van der Waals surface area contributed by atoms with E-state index in [1.165, 1.54) is 0 Å². The van der Waals surface area contributed by atoms with Gasteiger partial charge in [0.1, 0.15) is 0 Å². The topological polar surface area (TPSA) is 89.1 Å². The monoisotopic (exact) mass is 496 g/mol. The summed E-state index contributed by atoms with van der Waals surface area (Å²) in [6.07, 6.45) is 0. The minimum absolute atomic E-state index is 0. The van der Waals surface area contributed by atoms with Crippen molar-refractivity contribution in [2.45, 2.75) is 40.7 Å². The van der Waals surface area contributed by atoms with Crippen molar-refractivity contribution in [2.24, 2.45) is 10.4 Å². The fourth-order valence-corrected chi connectivity index (χ4v) is 2.64. The number of rotatable bonds is 6. The van der Waals surface area contributed by atoms with E-state index in [1.54, 1.807) is 7.05 Å². The highest BCUT2D eigenvalue weighted by molar-refractivity contribution is 14.0. The second-order valence-electron chi connectivity index (χ2n) is 7.97. The third-order valence-electron chi connectivity index (χ3n) is 4.08. The lowest BCUT2D eigenvalue weighted by Crippen LogP contribution is -2.54. The van der Waals surface area contributed by atoms with Gasteiger partial charge in [-0.15, -0.1) is 24.0 Å². The Morgan fingerprint density at radius 3 is 2.07 bits per heavy atom. The number of carbonyl (C=O) groups is 2. The molecule has 0 aliphatic carbocycles. The van der Waals surface area contributed by atoms with E-state index in [9.17, 15) is 9.59 Å². The average Bonchev–Trinajstić information content (AvgIpc) is 2.54. The minimum atomic E-state index is -0.375. The van der Waals surface area contributed by atoms with Crippen LogP contribution in [0.25, 0.3) is 0 Å². The molecular weight excluding hydrogens is 459 g/mol. The number of guanidine groups is 1. The molecule has 1 aliphatic rings. The lowest BCUT2D eigenvalue weighted by Gasteiger charge is -2.36. The van der Waals surface area contributed by atoms with Crippen LogP contribution in [0.1, 0.15) is 34.6 Å². The molecule has 1 saturated heterocycles. The molecule has 0 aromatic rings. The van der Waals surface area contributed by atoms with E-state index in [-0.39, 0.29) is 47.2 Å². The molecule has 2 amide bonds. The van der Waals surface area contributed by atoms with Gasteiger partial charge < -0.3 is 20.9 Å². The summed E-state index contributed by atoms with van der Waals surface area (Å²) in [5.41, 5.74) is -0.375. The number of nitrogens with one attached hydrogen (secondary N) is 3. The molecule has 1 fully saturated rings. The summed E-state index contributed by atoms with van der Waals surface area (Å²) in [6, 6.07) is 0.172. The molecule has 27 heavy (non-hydrogen) atoms. The maximum absolute atomic E-state index is 11.9. The van der Waals surface area contributed by atoms with Crippen LogP contribution in [-0.4, -0.2) is 86.5 Å². The maximum Gasteiger partial charge on any atom is 0.234 e. The summed E-state index contributed by atoms with van der Waals surface area (Å²) in [6.45, 7) is 14.6. The number of carbonyl (C=O) groups excluding carboxylic acids is 2. The second kappa shape index (κ2) is 12.4. The molecule has 0 radical (unpaired) electrons. The first-order chi connectivity index (χ1) is 12.1. The van der Waals surface area contributed by atoms with Crippen molar-refractivity contribution in [3.05, 3.63) is 0 Å². The van der Waals surface area contributed by atoms with E-state index in [0.29, 0.717) is 19.6 Å². The largest absolute Gasteiger partial charge is 0.354 e. The van der Waals surface area contributed by atoms with Crippen LogP contribution < -0.4 is 16.0 Å². The Balaban J connectivity index is 0.00000676. The summed E-state index contributed by atoms with van der Waals surface area (Å²) in [5, 5.41) is 9.14. The molecule has 0 aromatic carbocycles. The van der Waals surface area contributed by atoms with Gasteiger partial charge in [0.15, 0.2) is 5.96 Å². The molecule has 8 nitrogen and oxygen atoms in total. The van der Waals surface area contributed by atoms with E-state index in [1.807, 2.05) is 34.6 Å². The number of nitrogens with zero attached hydrogens (tertiary/aromatic N) is 3. The van der Waals surface area contributed by atoms with Gasteiger partial charge in [-0.25, -0.2) is 0 Å². The van der Waals surface area contributed by atoms with E-state index in [2.05, 4.69) is 30.7 Å². The zero-order valence-corrected chi connectivity index (χ0v) is 19.9. The lowest BCUT2D eigenvalue weighted by atomic mass is 9.96. The summed E-state index contributed by atoms with van der Waals surface area (Å²) >= 11 is 0. The first-order valence-corrected chi connectivity index (χ1v) is 9.39. The highest BCUT2D eigenvalue weighted by atomic mass is 127. The van der Waals surface area contributed by atoms with Gasteiger partial charge >= 0.3 is 0 Å². The second-order valence-corrected chi connectivity index (χ2v) is 7.97. The molecule has 3 N–H and O–H groups in total. The molecule has 0 bridgehead atoms. The normalized spacial score (nSPS) is 16.0. The van der Waals surface area contributed by atoms with E-state index in [0.717, 1.165) is 32.1 Å². The number of aliphatic imine (C=N–C) groups is 1. The number of hydrogen-bond donors (Lipinski definition) is 3. The van der Waals surface area contributed by atoms with Crippen LogP contribution in [0.4, 0.5) is 0 Å². The quantitative estimate of drug-likeness (QED) is 0.216. The summed E-state index contributed by atoms with van der Waals surface area (Å²) < 4.78 is 0. The van der Waals surface area contributed by atoms with Gasteiger partial charge in [-0.2, -0.15) is 0 Å². The number of hydrogen-bond acceptors (Lipinski definition) is 4. The first-order valence-electron chi connectivity index (χ1n) is 9.39. The molecule has 158 valence electrons. The number of piperazine rings is 1. The summed E-state index contributed by atoms with van der Waals surface area (Å²) in [5.74, 6) is 0.953. The standard InChI is InChI=1S/C18H36N6O2.HI/c1-14(2)22-15(25)13-23-9-11-24(12-10-23)17(19-6)21-8-7-20-16(26)18(3,4)5;/h14H,7-13H2,1-6H3,(H,19,21)(H,20,26)(H,22,25);1H. The molecule has 0 spiro atoms. The van der Waals surface area contributed by atoms with Gasteiger partial charge in [0.05, 0.1) is 6.54 Å². The van der Waals surface area contributed by atoms with Gasteiger partial charge in [-0.1, -0.05) is 20.8 Å². The van der Waals surface area contributed by atoms with Crippen LogP contribution in [0.2, 0.25) is 0 Å². The molecule has 1 rings (SSSR count). The Morgan fingerprint density at radius 1 is 1.04 bits per heavy atom. The third-order valence-corrected chi connectivity index (χ3v) is 4.08. The highest BCUT2D eigenvalue weighted by Crippen LogP contribution is 2.11. The van der Waals surface area contributed by atoms with Gasteiger partial charge in [-0.05, 0) is 13.8 Å². The van der Waals surface area contributed by atoms with E-state index < -0.39 is 0 Å². The maximum atomic E-state index is 11.9. The zero-order chi connectivity index (χ0) is 19.7. The third kappa shape index (κ3) is 10.1.